The Kier molecular flexibility index (Phi) is 5.25. The van der Waals surface area contributed by atoms with Crippen LogP contribution < -0.4 is 4.90 Å². The average Bonchev–Trinajstić information content (AvgIpc) is 3.73. The van der Waals surface area contributed by atoms with Gasteiger partial charge in [0.1, 0.15) is 11.2 Å². The van der Waals surface area contributed by atoms with E-state index in [1.165, 1.54) is 58.9 Å². The molecule has 2 heterocycles. The molecule has 0 radical (unpaired) electrons. The summed E-state index contributed by atoms with van der Waals surface area (Å²) in [5.74, 6) is 0. The quantitative estimate of drug-likeness (QED) is 0.199. The SMILES string of the molecule is CC1(C)c2ccccc2-c2cc(N(c3ccc4c(c3)oc3ccccc34)c3cccc4sc5c6ccccc6ccc5c34)ccc21. The maximum Gasteiger partial charge on any atom is 0.137 e. The van der Waals surface area contributed by atoms with Gasteiger partial charge in [-0.25, -0.2) is 0 Å². The van der Waals surface area contributed by atoms with Gasteiger partial charge in [-0.2, -0.15) is 0 Å². The first-order valence-electron chi connectivity index (χ1n) is 15.9. The Morgan fingerprint density at radius 3 is 2.20 bits per heavy atom. The highest BCUT2D eigenvalue weighted by Gasteiger charge is 2.35. The lowest BCUT2D eigenvalue weighted by molar-refractivity contribution is 0.660. The maximum atomic E-state index is 6.43. The van der Waals surface area contributed by atoms with E-state index in [1.807, 2.05) is 17.4 Å². The molecule has 10 rings (SSSR count). The van der Waals surface area contributed by atoms with Gasteiger partial charge in [0.05, 0.1) is 5.69 Å². The van der Waals surface area contributed by atoms with Crippen LogP contribution in [-0.4, -0.2) is 0 Å². The Labute approximate surface area is 270 Å². The van der Waals surface area contributed by atoms with E-state index in [2.05, 4.69) is 152 Å². The molecular weight excluding hydrogens is 579 g/mol. The van der Waals surface area contributed by atoms with Gasteiger partial charge in [0, 0.05) is 53.8 Å². The predicted molar refractivity (Wildman–Crippen MR) is 196 cm³/mol. The van der Waals surface area contributed by atoms with Crippen LogP contribution in [0.15, 0.2) is 144 Å². The second-order valence-electron chi connectivity index (χ2n) is 12.9. The number of furan rings is 1. The molecule has 0 atom stereocenters. The van der Waals surface area contributed by atoms with Crippen molar-refractivity contribution in [3.05, 3.63) is 151 Å². The summed E-state index contributed by atoms with van der Waals surface area (Å²) in [6, 6.07) is 50.9. The summed E-state index contributed by atoms with van der Waals surface area (Å²) in [6.07, 6.45) is 0. The van der Waals surface area contributed by atoms with Crippen molar-refractivity contribution in [3.63, 3.8) is 0 Å². The number of hydrogen-bond acceptors (Lipinski definition) is 3. The third-order valence-electron chi connectivity index (χ3n) is 10.1. The number of benzene rings is 7. The molecule has 1 aliphatic carbocycles. The number of nitrogens with zero attached hydrogens (tertiary/aromatic N) is 1. The summed E-state index contributed by atoms with van der Waals surface area (Å²) >= 11 is 1.88. The molecule has 46 heavy (non-hydrogen) atoms. The zero-order valence-electron chi connectivity index (χ0n) is 25.5. The molecule has 0 aliphatic heterocycles. The van der Waals surface area contributed by atoms with Crippen LogP contribution in [0.5, 0.6) is 0 Å². The summed E-state index contributed by atoms with van der Waals surface area (Å²) in [5.41, 5.74) is 10.5. The molecule has 218 valence electrons. The van der Waals surface area contributed by atoms with E-state index in [-0.39, 0.29) is 5.41 Å². The second-order valence-corrected chi connectivity index (χ2v) is 14.0. The van der Waals surface area contributed by atoms with Gasteiger partial charge in [-0.05, 0) is 75.5 Å². The molecular formula is C43H29NOS. The minimum atomic E-state index is -0.0485. The van der Waals surface area contributed by atoms with Gasteiger partial charge in [-0.15, -0.1) is 11.3 Å². The minimum absolute atomic E-state index is 0.0485. The summed E-state index contributed by atoms with van der Waals surface area (Å²) in [5, 5.41) is 7.42. The molecule has 0 fully saturated rings. The molecule has 0 spiro atoms. The molecule has 0 unspecified atom stereocenters. The Morgan fingerprint density at radius 1 is 0.543 bits per heavy atom. The summed E-state index contributed by atoms with van der Waals surface area (Å²) < 4.78 is 9.04. The van der Waals surface area contributed by atoms with Crippen LogP contribution in [0.4, 0.5) is 17.1 Å². The van der Waals surface area contributed by atoms with E-state index in [0.717, 1.165) is 33.3 Å². The molecule has 0 N–H and O–H groups in total. The Bertz CT molecular complexity index is 2690. The fourth-order valence-electron chi connectivity index (χ4n) is 7.85. The summed E-state index contributed by atoms with van der Waals surface area (Å²) in [7, 11) is 0. The maximum absolute atomic E-state index is 6.43. The predicted octanol–water partition coefficient (Wildman–Crippen LogP) is 12.9. The fraction of sp³-hybridized carbons (Fsp3) is 0.0698. The van der Waals surface area contributed by atoms with E-state index in [4.69, 9.17) is 4.42 Å². The normalized spacial score (nSPS) is 13.6. The van der Waals surface area contributed by atoms with E-state index < -0.39 is 0 Å². The third kappa shape index (κ3) is 3.52. The molecule has 2 nitrogen and oxygen atoms in total. The van der Waals surface area contributed by atoms with Crippen LogP contribution in [0.1, 0.15) is 25.0 Å². The molecule has 0 saturated carbocycles. The molecule has 3 heteroatoms. The van der Waals surface area contributed by atoms with E-state index in [0.29, 0.717) is 0 Å². The van der Waals surface area contributed by atoms with Crippen LogP contribution in [0, 0.1) is 0 Å². The minimum Gasteiger partial charge on any atom is -0.456 e. The molecule has 0 saturated heterocycles. The lowest BCUT2D eigenvalue weighted by Gasteiger charge is -2.28. The number of fused-ring (bicyclic) bond motifs is 11. The standard InChI is InChI=1S/C43H29NOS/c1-43(2)35-14-7-5-12-30(35)34-24-27(20-23-36(34)43)44(28-19-22-32-31-13-6-8-16-38(31)45-39(32)25-28)37-15-9-17-40-41(37)33-21-18-26-10-3-4-11-29(26)42(33)46-40/h3-25H,1-2H3. The largest absolute Gasteiger partial charge is 0.456 e. The number of para-hydroxylation sites is 1. The number of anilines is 3. The van der Waals surface area contributed by atoms with Crippen molar-refractivity contribution >= 4 is 81.3 Å². The zero-order valence-corrected chi connectivity index (χ0v) is 26.4. The Hall–Kier alpha value is -5.38. The van der Waals surface area contributed by atoms with Crippen LogP contribution in [0.3, 0.4) is 0 Å². The highest BCUT2D eigenvalue weighted by molar-refractivity contribution is 7.26. The molecule has 7 aromatic carbocycles. The highest BCUT2D eigenvalue weighted by atomic mass is 32.1. The van der Waals surface area contributed by atoms with Crippen molar-refractivity contribution in [1.82, 2.24) is 0 Å². The van der Waals surface area contributed by atoms with Gasteiger partial charge in [0.25, 0.3) is 0 Å². The molecule has 9 aromatic rings. The van der Waals surface area contributed by atoms with Crippen molar-refractivity contribution in [2.24, 2.45) is 0 Å². The van der Waals surface area contributed by atoms with E-state index >= 15 is 0 Å². The number of rotatable bonds is 3. The highest BCUT2D eigenvalue weighted by Crippen LogP contribution is 2.52. The van der Waals surface area contributed by atoms with Gasteiger partial charge >= 0.3 is 0 Å². The fourth-order valence-corrected chi connectivity index (χ4v) is 9.11. The first-order chi connectivity index (χ1) is 22.6. The van der Waals surface area contributed by atoms with Crippen molar-refractivity contribution in [3.8, 4) is 11.1 Å². The van der Waals surface area contributed by atoms with Crippen molar-refractivity contribution < 1.29 is 4.42 Å². The van der Waals surface area contributed by atoms with Crippen molar-refractivity contribution in [2.45, 2.75) is 19.3 Å². The van der Waals surface area contributed by atoms with Gasteiger partial charge in [0.2, 0.25) is 0 Å². The first kappa shape index (κ1) is 25.9. The van der Waals surface area contributed by atoms with E-state index in [9.17, 15) is 0 Å². The lowest BCUT2D eigenvalue weighted by atomic mass is 9.82. The van der Waals surface area contributed by atoms with Gasteiger partial charge in [0.15, 0.2) is 0 Å². The zero-order chi connectivity index (χ0) is 30.6. The summed E-state index contributed by atoms with van der Waals surface area (Å²) in [4.78, 5) is 2.44. The monoisotopic (exact) mass is 607 g/mol. The second kappa shape index (κ2) is 9.32. The molecule has 0 bridgehead atoms. The topological polar surface area (TPSA) is 16.4 Å². The smallest absolute Gasteiger partial charge is 0.137 e. The van der Waals surface area contributed by atoms with Gasteiger partial charge in [-0.3, -0.25) is 0 Å². The Morgan fingerprint density at radius 2 is 1.26 bits per heavy atom. The molecule has 2 aromatic heterocycles. The van der Waals surface area contributed by atoms with E-state index in [1.54, 1.807) is 0 Å². The number of hydrogen-bond donors (Lipinski definition) is 0. The van der Waals surface area contributed by atoms with Gasteiger partial charge in [-0.1, -0.05) is 105 Å². The summed E-state index contributed by atoms with van der Waals surface area (Å²) in [6.45, 7) is 4.68. The van der Waals surface area contributed by atoms with Crippen LogP contribution in [0.2, 0.25) is 0 Å². The average molecular weight is 608 g/mol. The van der Waals surface area contributed by atoms with Crippen LogP contribution in [0.25, 0.3) is 64.0 Å². The molecule has 0 amide bonds. The number of thiophene rings is 1. The van der Waals surface area contributed by atoms with Gasteiger partial charge < -0.3 is 9.32 Å². The first-order valence-corrected chi connectivity index (χ1v) is 16.7. The third-order valence-corrected chi connectivity index (χ3v) is 11.3. The van der Waals surface area contributed by atoms with Crippen LogP contribution in [-0.2, 0) is 5.41 Å². The lowest BCUT2D eigenvalue weighted by Crippen LogP contribution is -2.15. The van der Waals surface area contributed by atoms with Crippen molar-refractivity contribution in [1.29, 1.82) is 0 Å². The van der Waals surface area contributed by atoms with Crippen molar-refractivity contribution in [2.75, 3.05) is 4.90 Å². The molecule has 1 aliphatic rings. The Balaban J connectivity index is 1.27. The van der Waals surface area contributed by atoms with Crippen LogP contribution >= 0.6 is 11.3 Å².